The molecule has 1 aromatic carbocycles. The van der Waals surface area contributed by atoms with Gasteiger partial charge in [-0.25, -0.2) is 0 Å². The zero-order chi connectivity index (χ0) is 12.8. The Labute approximate surface area is 109 Å². The maximum atomic E-state index is 5.76. The molecule has 3 nitrogen and oxygen atoms in total. The molecule has 0 aliphatic carbocycles. The highest BCUT2D eigenvalue weighted by atomic mass is 16.5. The summed E-state index contributed by atoms with van der Waals surface area (Å²) in [5, 5.41) is 3.41. The zero-order valence-electron chi connectivity index (χ0n) is 11.4. The Bertz CT molecular complexity index is 373. The lowest BCUT2D eigenvalue weighted by Gasteiger charge is -2.24. The largest absolute Gasteiger partial charge is 0.493 e. The first-order valence-electron chi connectivity index (χ1n) is 6.84. The van der Waals surface area contributed by atoms with Crippen LogP contribution in [0.1, 0.15) is 25.3 Å². The fourth-order valence-electron chi connectivity index (χ4n) is 2.59. The second-order valence-corrected chi connectivity index (χ2v) is 4.78. The molecule has 0 spiro atoms. The Hall–Kier alpha value is -1.22. The predicted octanol–water partition coefficient (Wildman–Crippen LogP) is 2.64. The van der Waals surface area contributed by atoms with Gasteiger partial charge in [-0.15, -0.1) is 0 Å². The van der Waals surface area contributed by atoms with Gasteiger partial charge in [0.05, 0.1) is 13.7 Å². The fourth-order valence-corrected chi connectivity index (χ4v) is 2.59. The highest BCUT2D eigenvalue weighted by molar-refractivity contribution is 5.46. The van der Waals surface area contributed by atoms with E-state index in [2.05, 4.69) is 17.4 Å². The van der Waals surface area contributed by atoms with Crippen molar-refractivity contribution in [2.75, 3.05) is 26.8 Å². The summed E-state index contributed by atoms with van der Waals surface area (Å²) in [5.74, 6) is 2.54. The molecule has 0 aromatic heterocycles. The second kappa shape index (κ2) is 6.64. The topological polar surface area (TPSA) is 30.5 Å². The normalized spacial score (nSPS) is 16.6. The monoisotopic (exact) mass is 249 g/mol. The van der Waals surface area contributed by atoms with E-state index in [1.807, 2.05) is 13.0 Å². The number of benzene rings is 1. The molecule has 1 aliphatic heterocycles. The molecular weight excluding hydrogens is 226 g/mol. The van der Waals surface area contributed by atoms with Crippen LogP contribution in [0.15, 0.2) is 18.2 Å². The van der Waals surface area contributed by atoms with Gasteiger partial charge in [-0.2, -0.15) is 0 Å². The van der Waals surface area contributed by atoms with Gasteiger partial charge in [0.15, 0.2) is 11.5 Å². The van der Waals surface area contributed by atoms with E-state index < -0.39 is 0 Å². The number of hydrogen-bond acceptors (Lipinski definition) is 3. The number of methoxy groups -OCH3 is 1. The van der Waals surface area contributed by atoms with E-state index in [1.54, 1.807) is 7.11 Å². The van der Waals surface area contributed by atoms with Crippen LogP contribution in [0.5, 0.6) is 11.5 Å². The molecule has 3 heteroatoms. The molecule has 1 aliphatic rings. The van der Waals surface area contributed by atoms with Crippen LogP contribution in [-0.4, -0.2) is 26.8 Å². The van der Waals surface area contributed by atoms with E-state index >= 15 is 0 Å². The van der Waals surface area contributed by atoms with Crippen molar-refractivity contribution in [1.82, 2.24) is 5.32 Å². The smallest absolute Gasteiger partial charge is 0.164 e. The predicted molar refractivity (Wildman–Crippen MR) is 73.5 cm³/mol. The molecule has 100 valence electrons. The SMILES string of the molecule is CCOc1c(CC2CCNCC2)cccc1OC. The van der Waals surface area contributed by atoms with Crippen molar-refractivity contribution in [3.8, 4) is 11.5 Å². The summed E-state index contributed by atoms with van der Waals surface area (Å²) in [7, 11) is 1.70. The van der Waals surface area contributed by atoms with Gasteiger partial charge in [-0.1, -0.05) is 12.1 Å². The van der Waals surface area contributed by atoms with Gasteiger partial charge in [0, 0.05) is 0 Å². The summed E-state index contributed by atoms with van der Waals surface area (Å²) < 4.78 is 11.2. The molecule has 1 heterocycles. The Morgan fingerprint density at radius 2 is 2.06 bits per heavy atom. The molecule has 1 fully saturated rings. The van der Waals surface area contributed by atoms with Crippen LogP contribution in [0.25, 0.3) is 0 Å². The molecule has 0 amide bonds. The number of para-hydroxylation sites is 1. The molecular formula is C15H23NO2. The Kier molecular flexibility index (Phi) is 4.88. The van der Waals surface area contributed by atoms with Gasteiger partial charge >= 0.3 is 0 Å². The van der Waals surface area contributed by atoms with Gasteiger partial charge < -0.3 is 14.8 Å². The third kappa shape index (κ3) is 3.16. The number of hydrogen-bond donors (Lipinski definition) is 1. The van der Waals surface area contributed by atoms with Gasteiger partial charge in [0.1, 0.15) is 0 Å². The molecule has 0 bridgehead atoms. The summed E-state index contributed by atoms with van der Waals surface area (Å²) in [6.45, 7) is 4.97. The molecule has 1 saturated heterocycles. The van der Waals surface area contributed by atoms with E-state index in [1.165, 1.54) is 18.4 Å². The lowest BCUT2D eigenvalue weighted by molar-refractivity contribution is 0.302. The lowest BCUT2D eigenvalue weighted by Crippen LogP contribution is -2.28. The van der Waals surface area contributed by atoms with E-state index in [9.17, 15) is 0 Å². The van der Waals surface area contributed by atoms with Crippen LogP contribution < -0.4 is 14.8 Å². The van der Waals surface area contributed by atoms with Crippen LogP contribution in [0.3, 0.4) is 0 Å². The highest BCUT2D eigenvalue weighted by Gasteiger charge is 2.17. The zero-order valence-corrected chi connectivity index (χ0v) is 11.4. The van der Waals surface area contributed by atoms with Crippen LogP contribution in [0.2, 0.25) is 0 Å². The van der Waals surface area contributed by atoms with Crippen molar-refractivity contribution in [3.63, 3.8) is 0 Å². The molecule has 0 atom stereocenters. The van der Waals surface area contributed by atoms with Gasteiger partial charge in [0.25, 0.3) is 0 Å². The summed E-state index contributed by atoms with van der Waals surface area (Å²) in [4.78, 5) is 0. The average molecular weight is 249 g/mol. The second-order valence-electron chi connectivity index (χ2n) is 4.78. The minimum atomic E-state index is 0.680. The summed E-state index contributed by atoms with van der Waals surface area (Å²) in [6.07, 6.45) is 3.60. The van der Waals surface area contributed by atoms with Crippen LogP contribution in [0, 0.1) is 5.92 Å². The van der Waals surface area contributed by atoms with Crippen LogP contribution >= 0.6 is 0 Å². The van der Waals surface area contributed by atoms with Crippen molar-refractivity contribution >= 4 is 0 Å². The molecule has 1 N–H and O–H groups in total. The van der Waals surface area contributed by atoms with E-state index in [4.69, 9.17) is 9.47 Å². The van der Waals surface area contributed by atoms with Crippen molar-refractivity contribution < 1.29 is 9.47 Å². The van der Waals surface area contributed by atoms with Gasteiger partial charge in [0.2, 0.25) is 0 Å². The van der Waals surface area contributed by atoms with Crippen molar-refractivity contribution in [2.24, 2.45) is 5.92 Å². The Balaban J connectivity index is 2.14. The van der Waals surface area contributed by atoms with Crippen molar-refractivity contribution in [3.05, 3.63) is 23.8 Å². The summed E-state index contributed by atoms with van der Waals surface area (Å²) in [6, 6.07) is 6.18. The first-order chi connectivity index (χ1) is 8.85. The maximum absolute atomic E-state index is 5.76. The minimum absolute atomic E-state index is 0.680. The number of rotatable bonds is 5. The third-order valence-corrected chi connectivity index (χ3v) is 3.54. The molecule has 1 aromatic rings. The lowest BCUT2D eigenvalue weighted by atomic mass is 9.90. The minimum Gasteiger partial charge on any atom is -0.493 e. The first kappa shape index (κ1) is 13.2. The van der Waals surface area contributed by atoms with Crippen molar-refractivity contribution in [1.29, 1.82) is 0 Å². The standard InChI is InChI=1S/C15H23NO2/c1-3-18-15-13(5-4-6-14(15)17-2)11-12-7-9-16-10-8-12/h4-6,12,16H,3,7-11H2,1-2H3. The van der Waals surface area contributed by atoms with Gasteiger partial charge in [-0.05, 0) is 56.8 Å². The average Bonchev–Trinajstić information content (AvgIpc) is 2.42. The quantitative estimate of drug-likeness (QED) is 0.870. The Morgan fingerprint density at radius 3 is 2.72 bits per heavy atom. The molecule has 18 heavy (non-hydrogen) atoms. The maximum Gasteiger partial charge on any atom is 0.164 e. The highest BCUT2D eigenvalue weighted by Crippen LogP contribution is 2.33. The molecule has 2 rings (SSSR count). The van der Waals surface area contributed by atoms with Crippen LogP contribution in [-0.2, 0) is 6.42 Å². The Morgan fingerprint density at radius 1 is 1.28 bits per heavy atom. The van der Waals surface area contributed by atoms with Crippen molar-refractivity contribution in [2.45, 2.75) is 26.2 Å². The van der Waals surface area contributed by atoms with E-state index in [0.29, 0.717) is 6.61 Å². The fraction of sp³-hybridized carbons (Fsp3) is 0.600. The first-order valence-corrected chi connectivity index (χ1v) is 6.84. The molecule has 0 radical (unpaired) electrons. The summed E-state index contributed by atoms with van der Waals surface area (Å²) in [5.41, 5.74) is 1.28. The third-order valence-electron chi connectivity index (χ3n) is 3.54. The van der Waals surface area contributed by atoms with Gasteiger partial charge in [-0.3, -0.25) is 0 Å². The van der Waals surface area contributed by atoms with E-state index in [-0.39, 0.29) is 0 Å². The number of nitrogens with one attached hydrogen (secondary N) is 1. The summed E-state index contributed by atoms with van der Waals surface area (Å²) >= 11 is 0. The molecule has 0 saturated carbocycles. The number of ether oxygens (including phenoxy) is 2. The molecule has 0 unspecified atom stereocenters. The van der Waals surface area contributed by atoms with Crippen LogP contribution in [0.4, 0.5) is 0 Å². The van der Waals surface area contributed by atoms with E-state index in [0.717, 1.165) is 36.9 Å². The number of piperidine rings is 1.